The van der Waals surface area contributed by atoms with Crippen LogP contribution >= 0.6 is 0 Å². The highest BCUT2D eigenvalue weighted by molar-refractivity contribution is 6.04. The molecule has 0 radical (unpaired) electrons. The van der Waals surface area contributed by atoms with Crippen molar-refractivity contribution in [2.75, 3.05) is 0 Å². The standard InChI is InChI=1S/C42H44N6/c1-25-17-21-35(22-18-25)43-31(7)37-13-11-15-39(47-37)33(9)45-41-27(3)29(5)42(30(6)28(41)4)46-34(10)40-16-12-14-38(48-40)32(8)44-36-23-19-26(2)20-24-36/h11-24H,1-10H3. The molecule has 0 saturated carbocycles. The summed E-state index contributed by atoms with van der Waals surface area (Å²) < 4.78 is 0. The van der Waals surface area contributed by atoms with E-state index >= 15 is 0 Å². The molecule has 0 aliphatic carbocycles. The highest BCUT2D eigenvalue weighted by atomic mass is 14.9. The minimum absolute atomic E-state index is 0.824. The van der Waals surface area contributed by atoms with Gasteiger partial charge >= 0.3 is 0 Å². The van der Waals surface area contributed by atoms with E-state index in [1.165, 1.54) is 11.1 Å². The number of hydrogen-bond acceptors (Lipinski definition) is 6. The number of aryl methyl sites for hydroxylation is 2. The van der Waals surface area contributed by atoms with Crippen molar-refractivity contribution in [1.29, 1.82) is 0 Å². The fraction of sp³-hybridized carbons (Fsp3) is 0.238. The third-order valence-corrected chi connectivity index (χ3v) is 8.75. The van der Waals surface area contributed by atoms with Gasteiger partial charge in [-0.2, -0.15) is 0 Å². The van der Waals surface area contributed by atoms with E-state index < -0.39 is 0 Å². The minimum atomic E-state index is 0.824. The van der Waals surface area contributed by atoms with Crippen molar-refractivity contribution in [2.24, 2.45) is 20.0 Å². The second kappa shape index (κ2) is 14.6. The maximum atomic E-state index is 5.13. The Balaban J connectivity index is 1.44. The first kappa shape index (κ1) is 34.0. The summed E-state index contributed by atoms with van der Waals surface area (Å²) in [6, 6.07) is 28.4. The van der Waals surface area contributed by atoms with Gasteiger partial charge in [0.1, 0.15) is 0 Å². The molecule has 0 aliphatic rings. The Bertz CT molecular complexity index is 1920. The Labute approximate surface area is 285 Å². The van der Waals surface area contributed by atoms with Crippen LogP contribution < -0.4 is 0 Å². The van der Waals surface area contributed by atoms with Gasteiger partial charge in [0.05, 0.1) is 68.4 Å². The van der Waals surface area contributed by atoms with Gasteiger partial charge in [-0.25, -0.2) is 9.97 Å². The van der Waals surface area contributed by atoms with Crippen LogP contribution in [-0.4, -0.2) is 32.8 Å². The van der Waals surface area contributed by atoms with Crippen molar-refractivity contribution in [3.8, 4) is 0 Å². The number of nitrogens with zero attached hydrogens (tertiary/aromatic N) is 6. The van der Waals surface area contributed by atoms with Gasteiger partial charge in [-0.3, -0.25) is 20.0 Å². The van der Waals surface area contributed by atoms with Gasteiger partial charge in [-0.05, 0) is 140 Å². The first-order valence-electron chi connectivity index (χ1n) is 16.3. The van der Waals surface area contributed by atoms with Gasteiger partial charge in [0, 0.05) is 0 Å². The second-order valence-electron chi connectivity index (χ2n) is 12.5. The summed E-state index contributed by atoms with van der Waals surface area (Å²) in [4.78, 5) is 29.7. The van der Waals surface area contributed by atoms with Crippen LogP contribution in [-0.2, 0) is 0 Å². The summed E-state index contributed by atoms with van der Waals surface area (Å²) in [6.07, 6.45) is 0. The quantitative estimate of drug-likeness (QED) is 0.160. The molecule has 2 heterocycles. The molecule has 0 bridgehead atoms. The Morgan fingerprint density at radius 2 is 0.646 bits per heavy atom. The molecular weight excluding hydrogens is 589 g/mol. The number of pyridine rings is 2. The Hall–Kier alpha value is -5.36. The molecule has 3 aromatic carbocycles. The molecule has 0 fully saturated rings. The molecule has 2 aromatic heterocycles. The Kier molecular flexibility index (Phi) is 10.3. The van der Waals surface area contributed by atoms with Crippen molar-refractivity contribution < 1.29 is 0 Å². The van der Waals surface area contributed by atoms with Gasteiger partial charge < -0.3 is 0 Å². The Morgan fingerprint density at radius 1 is 0.375 bits per heavy atom. The summed E-state index contributed by atoms with van der Waals surface area (Å²) in [5.74, 6) is 0. The van der Waals surface area contributed by atoms with E-state index in [4.69, 9.17) is 29.9 Å². The third-order valence-electron chi connectivity index (χ3n) is 8.75. The lowest BCUT2D eigenvalue weighted by Crippen LogP contribution is -2.06. The first-order chi connectivity index (χ1) is 22.9. The molecular formula is C42H44N6. The second-order valence-corrected chi connectivity index (χ2v) is 12.5. The summed E-state index contributed by atoms with van der Waals surface area (Å²) in [7, 11) is 0. The molecule has 5 rings (SSSR count). The van der Waals surface area contributed by atoms with Gasteiger partial charge in [0.15, 0.2) is 0 Å². The maximum Gasteiger partial charge on any atom is 0.0849 e. The fourth-order valence-corrected chi connectivity index (χ4v) is 5.47. The summed E-state index contributed by atoms with van der Waals surface area (Å²) in [5, 5.41) is 0. The predicted molar refractivity (Wildman–Crippen MR) is 204 cm³/mol. The van der Waals surface area contributed by atoms with Crippen LogP contribution in [0.25, 0.3) is 0 Å². The summed E-state index contributed by atoms with van der Waals surface area (Å²) in [5.41, 5.74) is 17.3. The maximum absolute atomic E-state index is 5.13. The zero-order valence-corrected chi connectivity index (χ0v) is 29.8. The molecule has 48 heavy (non-hydrogen) atoms. The highest BCUT2D eigenvalue weighted by Gasteiger charge is 2.16. The van der Waals surface area contributed by atoms with Crippen molar-refractivity contribution in [3.63, 3.8) is 0 Å². The zero-order valence-electron chi connectivity index (χ0n) is 29.8. The van der Waals surface area contributed by atoms with Gasteiger partial charge in [-0.15, -0.1) is 0 Å². The summed E-state index contributed by atoms with van der Waals surface area (Å²) in [6.45, 7) is 20.6. The topological polar surface area (TPSA) is 75.2 Å². The molecule has 6 nitrogen and oxygen atoms in total. The number of aromatic nitrogens is 2. The molecule has 0 saturated heterocycles. The van der Waals surface area contributed by atoms with E-state index in [0.717, 1.165) is 90.6 Å². The first-order valence-corrected chi connectivity index (χ1v) is 16.3. The summed E-state index contributed by atoms with van der Waals surface area (Å²) >= 11 is 0. The van der Waals surface area contributed by atoms with E-state index in [0.29, 0.717) is 0 Å². The molecule has 0 spiro atoms. The predicted octanol–water partition coefficient (Wildman–Crippen LogP) is 10.9. The van der Waals surface area contributed by atoms with Crippen LogP contribution in [0, 0.1) is 41.5 Å². The smallest absolute Gasteiger partial charge is 0.0849 e. The van der Waals surface area contributed by atoms with Crippen LogP contribution in [0.2, 0.25) is 0 Å². The average molecular weight is 633 g/mol. The molecule has 0 unspecified atom stereocenters. The molecule has 242 valence electrons. The van der Waals surface area contributed by atoms with Crippen LogP contribution in [0.4, 0.5) is 22.7 Å². The van der Waals surface area contributed by atoms with Crippen molar-refractivity contribution in [2.45, 2.75) is 69.2 Å². The molecule has 5 aromatic rings. The van der Waals surface area contributed by atoms with Crippen LogP contribution in [0.3, 0.4) is 0 Å². The van der Waals surface area contributed by atoms with E-state index in [1.807, 2.05) is 88.4 Å². The van der Waals surface area contributed by atoms with E-state index in [-0.39, 0.29) is 0 Å². The van der Waals surface area contributed by atoms with Crippen LogP contribution in [0.15, 0.2) is 105 Å². The van der Waals surface area contributed by atoms with E-state index in [2.05, 4.69) is 65.8 Å². The molecule has 0 amide bonds. The molecule has 0 N–H and O–H groups in total. The number of rotatable bonds is 8. The van der Waals surface area contributed by atoms with Crippen molar-refractivity contribution in [3.05, 3.63) is 141 Å². The average Bonchev–Trinajstić information content (AvgIpc) is 3.09. The van der Waals surface area contributed by atoms with Gasteiger partial charge in [0.2, 0.25) is 0 Å². The number of aliphatic imine (C=N–C) groups is 4. The third kappa shape index (κ3) is 7.77. The number of hydrogen-bond donors (Lipinski definition) is 0. The normalized spacial score (nSPS) is 12.9. The lowest BCUT2D eigenvalue weighted by atomic mass is 9.96. The molecule has 6 heteroatoms. The van der Waals surface area contributed by atoms with Crippen LogP contribution in [0.5, 0.6) is 0 Å². The largest absolute Gasteiger partial charge is 0.252 e. The number of benzene rings is 3. The zero-order chi connectivity index (χ0) is 34.5. The SMILES string of the molecule is CC(=Nc1ccc(C)cc1)c1cccc(C(C)=Nc2c(C)c(C)c(N=C(C)c3cccc(C(C)=Nc4ccc(C)cc4)n3)c(C)c2C)n1. The minimum Gasteiger partial charge on any atom is -0.252 e. The Morgan fingerprint density at radius 3 is 0.938 bits per heavy atom. The van der Waals surface area contributed by atoms with Crippen LogP contribution in [0.1, 0.15) is 83.9 Å². The van der Waals surface area contributed by atoms with Gasteiger partial charge in [0.25, 0.3) is 0 Å². The lowest BCUT2D eigenvalue weighted by molar-refractivity contribution is 1.18. The van der Waals surface area contributed by atoms with E-state index in [1.54, 1.807) is 0 Å². The van der Waals surface area contributed by atoms with E-state index in [9.17, 15) is 0 Å². The monoisotopic (exact) mass is 632 g/mol. The lowest BCUT2D eigenvalue weighted by Gasteiger charge is -2.17. The molecule has 0 atom stereocenters. The molecule has 0 aliphatic heterocycles. The fourth-order valence-electron chi connectivity index (χ4n) is 5.47. The van der Waals surface area contributed by atoms with Crippen molar-refractivity contribution in [1.82, 2.24) is 9.97 Å². The van der Waals surface area contributed by atoms with Gasteiger partial charge in [-0.1, -0.05) is 47.5 Å². The highest BCUT2D eigenvalue weighted by Crippen LogP contribution is 2.38. The van der Waals surface area contributed by atoms with Crippen molar-refractivity contribution >= 4 is 45.6 Å².